The zero-order valence-corrected chi connectivity index (χ0v) is 22.1. The van der Waals surface area contributed by atoms with Gasteiger partial charge in [-0.05, 0) is 55.3 Å². The quantitative estimate of drug-likeness (QED) is 0.342. The van der Waals surface area contributed by atoms with Gasteiger partial charge in [0.25, 0.3) is 5.91 Å². The third-order valence-corrected chi connectivity index (χ3v) is 6.02. The van der Waals surface area contributed by atoms with Gasteiger partial charge in [-0.2, -0.15) is 18.4 Å². The first-order valence-electron chi connectivity index (χ1n) is 11.7. The van der Waals surface area contributed by atoms with Crippen LogP contribution in [0.3, 0.4) is 0 Å². The molecule has 1 amide bonds. The lowest BCUT2D eigenvalue weighted by Gasteiger charge is -2.35. The first-order valence-corrected chi connectivity index (χ1v) is 12.1. The second kappa shape index (κ2) is 11.7. The number of ether oxygens (including phenoxy) is 2. The van der Waals surface area contributed by atoms with Crippen LogP contribution in [0.5, 0.6) is 5.88 Å². The molecule has 1 heterocycles. The van der Waals surface area contributed by atoms with Gasteiger partial charge in [-0.3, -0.25) is 9.59 Å². The lowest BCUT2D eigenvalue weighted by Crippen LogP contribution is -2.52. The van der Waals surface area contributed by atoms with Crippen LogP contribution >= 0.6 is 11.6 Å². The van der Waals surface area contributed by atoms with Gasteiger partial charge in [0.1, 0.15) is 0 Å². The SMILES string of the molecule is CC(=O)OC(CNC(=O)C(C)(C)Oc1ccc(C(F)(F)F)cn1)(Cc1ccc(Cl)cc1)c1cccc(C#N)c1. The Kier molecular flexibility index (Phi) is 8.87. The number of hydrogen-bond acceptors (Lipinski definition) is 6. The Labute approximate surface area is 228 Å². The molecule has 0 saturated heterocycles. The summed E-state index contributed by atoms with van der Waals surface area (Å²) in [7, 11) is 0. The molecule has 1 unspecified atom stereocenters. The summed E-state index contributed by atoms with van der Waals surface area (Å²) >= 11 is 6.02. The molecular weight excluding hydrogens is 535 g/mol. The van der Waals surface area contributed by atoms with Gasteiger partial charge in [0.15, 0.2) is 11.2 Å². The molecule has 39 heavy (non-hydrogen) atoms. The van der Waals surface area contributed by atoms with E-state index in [1.807, 2.05) is 0 Å². The highest BCUT2D eigenvalue weighted by atomic mass is 35.5. The number of carbonyl (C=O) groups excluding carboxylic acids is 2. The predicted octanol–water partition coefficient (Wildman–Crippen LogP) is 5.60. The molecule has 3 aromatic rings. The van der Waals surface area contributed by atoms with Gasteiger partial charge in [0.2, 0.25) is 5.88 Å². The number of amides is 1. The van der Waals surface area contributed by atoms with Crippen molar-refractivity contribution in [2.45, 2.75) is 44.6 Å². The largest absolute Gasteiger partial charge is 0.462 e. The fourth-order valence-electron chi connectivity index (χ4n) is 3.83. The first kappa shape index (κ1) is 29.5. The molecule has 0 radical (unpaired) electrons. The van der Waals surface area contributed by atoms with Gasteiger partial charge in [-0.25, -0.2) is 4.98 Å². The van der Waals surface area contributed by atoms with E-state index < -0.39 is 34.8 Å². The molecule has 2 aromatic carbocycles. The number of nitrogens with one attached hydrogen (secondary N) is 1. The Hall–Kier alpha value is -4.10. The lowest BCUT2D eigenvalue weighted by atomic mass is 9.85. The second-order valence-corrected chi connectivity index (χ2v) is 9.70. The number of carbonyl (C=O) groups is 2. The lowest BCUT2D eigenvalue weighted by molar-refractivity contribution is -0.159. The predicted molar refractivity (Wildman–Crippen MR) is 137 cm³/mol. The van der Waals surface area contributed by atoms with Crippen molar-refractivity contribution in [1.29, 1.82) is 5.26 Å². The normalized spacial score (nSPS) is 13.1. The molecule has 1 atom stereocenters. The van der Waals surface area contributed by atoms with Crippen molar-refractivity contribution in [1.82, 2.24) is 10.3 Å². The average molecular weight is 560 g/mol. The molecule has 0 aliphatic carbocycles. The van der Waals surface area contributed by atoms with Crippen molar-refractivity contribution in [3.63, 3.8) is 0 Å². The van der Waals surface area contributed by atoms with E-state index in [1.165, 1.54) is 20.8 Å². The number of nitrogens with zero attached hydrogens (tertiary/aromatic N) is 2. The third kappa shape index (κ3) is 7.71. The van der Waals surface area contributed by atoms with Crippen LogP contribution in [0.2, 0.25) is 5.02 Å². The average Bonchev–Trinajstić information content (AvgIpc) is 2.87. The fraction of sp³-hybridized carbons (Fsp3) is 0.286. The van der Waals surface area contributed by atoms with Crippen molar-refractivity contribution < 1.29 is 32.2 Å². The molecule has 1 N–H and O–H groups in total. The Morgan fingerprint density at radius 1 is 1.05 bits per heavy atom. The van der Waals surface area contributed by atoms with Crippen LogP contribution in [-0.2, 0) is 32.5 Å². The number of rotatable bonds is 9. The number of alkyl halides is 3. The summed E-state index contributed by atoms with van der Waals surface area (Å²) in [6.45, 7) is 3.86. The van der Waals surface area contributed by atoms with E-state index in [-0.39, 0.29) is 18.8 Å². The topological polar surface area (TPSA) is 101 Å². The van der Waals surface area contributed by atoms with Crippen molar-refractivity contribution >= 4 is 23.5 Å². The van der Waals surface area contributed by atoms with E-state index in [2.05, 4.69) is 16.4 Å². The van der Waals surface area contributed by atoms with Gasteiger partial charge in [-0.1, -0.05) is 35.9 Å². The zero-order chi connectivity index (χ0) is 28.8. The number of nitriles is 1. The summed E-state index contributed by atoms with van der Waals surface area (Å²) in [5, 5.41) is 12.7. The summed E-state index contributed by atoms with van der Waals surface area (Å²) < 4.78 is 50.0. The monoisotopic (exact) mass is 559 g/mol. The highest BCUT2D eigenvalue weighted by Crippen LogP contribution is 2.32. The molecule has 204 valence electrons. The molecule has 3 rings (SSSR count). The van der Waals surface area contributed by atoms with Gasteiger partial charge in [0, 0.05) is 30.6 Å². The van der Waals surface area contributed by atoms with E-state index in [4.69, 9.17) is 21.1 Å². The number of halogens is 4. The smallest absolute Gasteiger partial charge is 0.417 e. The summed E-state index contributed by atoms with van der Waals surface area (Å²) in [6.07, 6.45) is -3.82. The molecular formula is C28H25ClF3N3O4. The highest BCUT2D eigenvalue weighted by molar-refractivity contribution is 6.30. The van der Waals surface area contributed by atoms with Crippen LogP contribution in [0, 0.1) is 11.3 Å². The number of benzene rings is 2. The summed E-state index contributed by atoms with van der Waals surface area (Å²) in [4.78, 5) is 29.2. The van der Waals surface area contributed by atoms with E-state index in [9.17, 15) is 28.0 Å². The molecule has 0 spiro atoms. The van der Waals surface area contributed by atoms with Crippen LogP contribution in [0.4, 0.5) is 13.2 Å². The standard InChI is InChI=1S/C28H25ClF3N3O4/c1-18(36)38-27(14-19-7-10-23(29)11-8-19,21-6-4-5-20(13-21)15-33)17-35-25(37)26(2,3)39-24-12-9-22(16-34-24)28(30,31)32/h4-13,16H,14,17H2,1-3H3,(H,35,37). The molecule has 0 aliphatic rings. The van der Waals surface area contributed by atoms with Crippen LogP contribution in [0.1, 0.15) is 43.0 Å². The molecule has 7 nitrogen and oxygen atoms in total. The maximum absolute atomic E-state index is 13.2. The first-order chi connectivity index (χ1) is 18.2. The van der Waals surface area contributed by atoms with Crippen LogP contribution in [0.15, 0.2) is 66.9 Å². The third-order valence-electron chi connectivity index (χ3n) is 5.76. The van der Waals surface area contributed by atoms with Crippen LogP contribution in [0.25, 0.3) is 0 Å². The minimum atomic E-state index is -4.56. The van der Waals surface area contributed by atoms with E-state index in [0.29, 0.717) is 22.3 Å². The Bertz CT molecular complexity index is 1370. The maximum Gasteiger partial charge on any atom is 0.417 e. The number of aromatic nitrogens is 1. The molecule has 1 aromatic heterocycles. The minimum absolute atomic E-state index is 0.126. The van der Waals surface area contributed by atoms with Gasteiger partial charge >= 0.3 is 12.1 Å². The number of hydrogen-bond donors (Lipinski definition) is 1. The highest BCUT2D eigenvalue weighted by Gasteiger charge is 2.40. The Morgan fingerprint density at radius 2 is 1.74 bits per heavy atom. The molecule has 0 aliphatic heterocycles. The summed E-state index contributed by atoms with van der Waals surface area (Å²) in [5.74, 6) is -1.45. The van der Waals surface area contributed by atoms with Crippen molar-refractivity contribution in [3.05, 3.63) is 94.1 Å². The Morgan fingerprint density at radius 3 is 2.31 bits per heavy atom. The fourth-order valence-corrected chi connectivity index (χ4v) is 3.96. The summed E-state index contributed by atoms with van der Waals surface area (Å²) in [5.41, 5.74) is -2.42. The number of pyridine rings is 1. The van der Waals surface area contributed by atoms with Crippen LogP contribution < -0.4 is 10.1 Å². The van der Waals surface area contributed by atoms with E-state index >= 15 is 0 Å². The summed E-state index contributed by atoms with van der Waals surface area (Å²) in [6, 6.07) is 17.2. The van der Waals surface area contributed by atoms with Gasteiger partial charge in [0.05, 0.1) is 23.7 Å². The van der Waals surface area contributed by atoms with Crippen molar-refractivity contribution in [2.75, 3.05) is 6.54 Å². The van der Waals surface area contributed by atoms with Gasteiger partial charge < -0.3 is 14.8 Å². The number of esters is 1. The molecule has 0 fully saturated rings. The zero-order valence-electron chi connectivity index (χ0n) is 21.3. The van der Waals surface area contributed by atoms with Crippen molar-refractivity contribution in [2.24, 2.45) is 0 Å². The van der Waals surface area contributed by atoms with Crippen molar-refractivity contribution in [3.8, 4) is 11.9 Å². The maximum atomic E-state index is 13.2. The van der Waals surface area contributed by atoms with E-state index in [1.54, 1.807) is 48.5 Å². The van der Waals surface area contributed by atoms with E-state index in [0.717, 1.165) is 17.7 Å². The van der Waals surface area contributed by atoms with Crippen LogP contribution in [-0.4, -0.2) is 29.0 Å². The minimum Gasteiger partial charge on any atom is -0.462 e. The molecule has 0 saturated carbocycles. The van der Waals surface area contributed by atoms with Gasteiger partial charge in [-0.15, -0.1) is 0 Å². The Balaban J connectivity index is 1.91. The molecule has 11 heteroatoms. The second-order valence-electron chi connectivity index (χ2n) is 9.26. The molecule has 0 bridgehead atoms.